The summed E-state index contributed by atoms with van der Waals surface area (Å²) < 4.78 is 7.75. The number of anilines is 1. The second kappa shape index (κ2) is 7.06. The number of nitrogens with zero attached hydrogens (tertiary/aromatic N) is 3. The predicted molar refractivity (Wildman–Crippen MR) is 103 cm³/mol. The number of aryl methyl sites for hydroxylation is 4. The average Bonchev–Trinajstić information content (AvgIpc) is 2.94. The van der Waals surface area contributed by atoms with Gasteiger partial charge in [-0.15, -0.1) is 0 Å². The molecule has 2 amide bonds. The van der Waals surface area contributed by atoms with Gasteiger partial charge in [0.15, 0.2) is 0 Å². The molecule has 144 valence electrons. The lowest BCUT2D eigenvalue weighted by molar-refractivity contribution is -0.148. The number of fused-ring (bicyclic) bond motifs is 1. The number of hydrogen-bond donors (Lipinski definition) is 1. The Bertz CT molecular complexity index is 889. The Kier molecular flexibility index (Phi) is 4.95. The van der Waals surface area contributed by atoms with Gasteiger partial charge in [-0.05, 0) is 57.9 Å². The van der Waals surface area contributed by atoms with Gasteiger partial charge in [0, 0.05) is 25.8 Å². The highest BCUT2D eigenvalue weighted by Crippen LogP contribution is 2.37. The summed E-state index contributed by atoms with van der Waals surface area (Å²) >= 11 is 0. The summed E-state index contributed by atoms with van der Waals surface area (Å²) in [4.78, 5) is 27.0. The number of hydrogen-bond acceptors (Lipinski definition) is 4. The van der Waals surface area contributed by atoms with Gasteiger partial charge in [-0.3, -0.25) is 14.3 Å². The van der Waals surface area contributed by atoms with Crippen molar-refractivity contribution in [2.24, 2.45) is 0 Å². The Morgan fingerprint density at radius 2 is 2.00 bits per heavy atom. The van der Waals surface area contributed by atoms with E-state index in [0.29, 0.717) is 30.9 Å². The summed E-state index contributed by atoms with van der Waals surface area (Å²) in [6.45, 7) is 8.56. The Morgan fingerprint density at radius 3 is 2.67 bits per heavy atom. The van der Waals surface area contributed by atoms with E-state index in [9.17, 15) is 9.59 Å². The van der Waals surface area contributed by atoms with E-state index in [1.165, 1.54) is 11.8 Å². The predicted octanol–water partition coefficient (Wildman–Crippen LogP) is 2.13. The van der Waals surface area contributed by atoms with Crippen LogP contribution >= 0.6 is 0 Å². The van der Waals surface area contributed by atoms with Crippen molar-refractivity contribution in [3.8, 4) is 5.75 Å². The monoisotopic (exact) mass is 370 g/mol. The molecule has 0 saturated heterocycles. The fourth-order valence-corrected chi connectivity index (χ4v) is 3.31. The minimum Gasteiger partial charge on any atom is -0.466 e. The van der Waals surface area contributed by atoms with Gasteiger partial charge in [-0.25, -0.2) is 0 Å². The molecule has 0 saturated carbocycles. The molecule has 1 atom stereocenters. The van der Waals surface area contributed by atoms with Crippen LogP contribution in [0, 0.1) is 20.8 Å². The smallest absolute Gasteiger partial charge is 0.280 e. The SMILES string of the molecule is Cc1ccc2c(c1)N(C)C(=O)C(C)(C(=O)NCCCn1nc(C)cc1C)O2. The van der Waals surface area contributed by atoms with Gasteiger partial charge in [0.25, 0.3) is 17.4 Å². The van der Waals surface area contributed by atoms with Crippen molar-refractivity contribution in [2.75, 3.05) is 18.5 Å². The largest absolute Gasteiger partial charge is 0.466 e. The van der Waals surface area contributed by atoms with Crippen molar-refractivity contribution in [3.63, 3.8) is 0 Å². The maximum Gasteiger partial charge on any atom is 0.280 e. The van der Waals surface area contributed by atoms with Crippen LogP contribution in [0.3, 0.4) is 0 Å². The van der Waals surface area contributed by atoms with E-state index in [0.717, 1.165) is 17.0 Å². The number of aromatic nitrogens is 2. The lowest BCUT2D eigenvalue weighted by Crippen LogP contribution is -2.61. The summed E-state index contributed by atoms with van der Waals surface area (Å²) in [5.41, 5.74) is 2.19. The standard InChI is InChI=1S/C20H26N4O3/c1-13-7-8-17-16(11-13)23(5)19(26)20(4,27-17)18(25)21-9-6-10-24-15(3)12-14(2)22-24/h7-8,11-12H,6,9-10H2,1-5H3,(H,21,25). The molecular weight excluding hydrogens is 344 g/mol. The topological polar surface area (TPSA) is 76.5 Å². The summed E-state index contributed by atoms with van der Waals surface area (Å²) in [5, 5.41) is 7.23. The van der Waals surface area contributed by atoms with Crippen molar-refractivity contribution < 1.29 is 14.3 Å². The highest BCUT2D eigenvalue weighted by atomic mass is 16.5. The molecule has 1 aromatic heterocycles. The third kappa shape index (κ3) is 3.54. The summed E-state index contributed by atoms with van der Waals surface area (Å²) in [6, 6.07) is 7.58. The molecule has 7 heteroatoms. The molecule has 0 bridgehead atoms. The molecule has 0 aliphatic carbocycles. The van der Waals surface area contributed by atoms with Crippen molar-refractivity contribution in [1.29, 1.82) is 0 Å². The molecule has 0 radical (unpaired) electrons. The van der Waals surface area contributed by atoms with Crippen LogP contribution in [-0.4, -0.2) is 40.8 Å². The second-order valence-electron chi connectivity index (χ2n) is 7.23. The maximum absolute atomic E-state index is 12.8. The molecule has 1 aromatic carbocycles. The first-order chi connectivity index (χ1) is 12.7. The van der Waals surface area contributed by atoms with Gasteiger partial charge < -0.3 is 15.0 Å². The second-order valence-corrected chi connectivity index (χ2v) is 7.23. The zero-order valence-electron chi connectivity index (χ0n) is 16.5. The normalized spacial score (nSPS) is 18.9. The lowest BCUT2D eigenvalue weighted by atomic mass is 10.00. The minimum atomic E-state index is -1.57. The number of carbonyl (C=O) groups excluding carboxylic acids is 2. The fraction of sp³-hybridized carbons (Fsp3) is 0.450. The number of rotatable bonds is 5. The first-order valence-corrected chi connectivity index (χ1v) is 9.09. The molecule has 1 unspecified atom stereocenters. The number of amides is 2. The molecule has 3 rings (SSSR count). The van der Waals surface area contributed by atoms with Crippen molar-refractivity contribution in [2.45, 2.75) is 46.3 Å². The first-order valence-electron chi connectivity index (χ1n) is 9.09. The Hall–Kier alpha value is -2.83. The van der Waals surface area contributed by atoms with E-state index in [4.69, 9.17) is 4.74 Å². The van der Waals surface area contributed by atoms with Crippen LogP contribution in [0.5, 0.6) is 5.75 Å². The van der Waals surface area contributed by atoms with E-state index in [-0.39, 0.29) is 5.91 Å². The molecule has 27 heavy (non-hydrogen) atoms. The Morgan fingerprint density at radius 1 is 1.26 bits per heavy atom. The number of carbonyl (C=O) groups is 2. The summed E-state index contributed by atoms with van der Waals surface area (Å²) in [6.07, 6.45) is 0.712. The molecule has 1 N–H and O–H groups in total. The third-order valence-electron chi connectivity index (χ3n) is 4.87. The van der Waals surface area contributed by atoms with Gasteiger partial charge in [0.1, 0.15) is 5.75 Å². The molecule has 2 aromatic rings. The van der Waals surface area contributed by atoms with E-state index in [1.54, 1.807) is 13.1 Å². The molecule has 1 aliphatic rings. The van der Waals surface area contributed by atoms with Crippen LogP contribution in [-0.2, 0) is 16.1 Å². The van der Waals surface area contributed by atoms with Gasteiger partial charge in [0.05, 0.1) is 11.4 Å². The molecule has 1 aliphatic heterocycles. The Labute approximate surface area is 159 Å². The maximum atomic E-state index is 12.8. The van der Waals surface area contributed by atoms with Gasteiger partial charge in [-0.1, -0.05) is 6.07 Å². The van der Waals surface area contributed by atoms with Crippen LogP contribution in [0.2, 0.25) is 0 Å². The highest BCUT2D eigenvalue weighted by Gasteiger charge is 2.49. The fourth-order valence-electron chi connectivity index (χ4n) is 3.31. The summed E-state index contributed by atoms with van der Waals surface area (Å²) in [7, 11) is 1.66. The van der Waals surface area contributed by atoms with Gasteiger partial charge in [-0.2, -0.15) is 5.10 Å². The van der Waals surface area contributed by atoms with Crippen LogP contribution in [0.25, 0.3) is 0 Å². The zero-order valence-corrected chi connectivity index (χ0v) is 16.5. The first kappa shape index (κ1) is 18.9. The lowest BCUT2D eigenvalue weighted by Gasteiger charge is -2.38. The molecule has 2 heterocycles. The van der Waals surface area contributed by atoms with Crippen molar-refractivity contribution in [3.05, 3.63) is 41.2 Å². The van der Waals surface area contributed by atoms with E-state index in [2.05, 4.69) is 10.4 Å². The average molecular weight is 370 g/mol. The number of benzene rings is 1. The number of ether oxygens (including phenoxy) is 1. The molecule has 0 fully saturated rings. The van der Waals surface area contributed by atoms with Crippen LogP contribution in [0.4, 0.5) is 5.69 Å². The van der Waals surface area contributed by atoms with Crippen LogP contribution in [0.1, 0.15) is 30.3 Å². The van der Waals surface area contributed by atoms with Crippen molar-refractivity contribution >= 4 is 17.5 Å². The zero-order chi connectivity index (χ0) is 19.8. The third-order valence-corrected chi connectivity index (χ3v) is 4.87. The quantitative estimate of drug-likeness (QED) is 0.646. The van der Waals surface area contributed by atoms with E-state index < -0.39 is 11.5 Å². The van der Waals surface area contributed by atoms with Crippen LogP contribution < -0.4 is 15.0 Å². The number of likely N-dealkylation sites (N-methyl/N-ethyl adjacent to an activating group) is 1. The van der Waals surface area contributed by atoms with Gasteiger partial charge in [0.2, 0.25) is 0 Å². The molecule has 0 spiro atoms. The number of nitrogens with one attached hydrogen (secondary N) is 1. The van der Waals surface area contributed by atoms with Crippen LogP contribution in [0.15, 0.2) is 24.3 Å². The molecule has 7 nitrogen and oxygen atoms in total. The summed E-state index contributed by atoms with van der Waals surface area (Å²) in [5.74, 6) is -0.279. The Balaban J connectivity index is 1.64. The van der Waals surface area contributed by atoms with E-state index in [1.807, 2.05) is 43.7 Å². The highest BCUT2D eigenvalue weighted by molar-refractivity contribution is 6.16. The molecular formula is C20H26N4O3. The van der Waals surface area contributed by atoms with Gasteiger partial charge >= 0.3 is 0 Å². The minimum absolute atomic E-state index is 0.378. The van der Waals surface area contributed by atoms with E-state index >= 15 is 0 Å². The van der Waals surface area contributed by atoms with Crippen molar-refractivity contribution in [1.82, 2.24) is 15.1 Å².